The predicted molar refractivity (Wildman–Crippen MR) is 127 cm³/mol. The molecule has 0 radical (unpaired) electrons. The number of hydrogen-bond acceptors (Lipinski definition) is 7. The second kappa shape index (κ2) is 9.43. The van der Waals surface area contributed by atoms with Gasteiger partial charge in [-0.25, -0.2) is 4.79 Å². The Morgan fingerprint density at radius 1 is 1.27 bits per heavy atom. The average Bonchev–Trinajstić information content (AvgIpc) is 3.32. The van der Waals surface area contributed by atoms with Gasteiger partial charge in [-0.3, -0.25) is 4.79 Å². The molecule has 1 aliphatic heterocycles. The van der Waals surface area contributed by atoms with E-state index < -0.39 is 11.9 Å². The van der Waals surface area contributed by atoms with E-state index in [1.54, 1.807) is 23.5 Å². The predicted octanol–water partition coefficient (Wildman–Crippen LogP) is 5.02. The molecule has 1 aromatic carbocycles. The van der Waals surface area contributed by atoms with Crippen LogP contribution in [0.25, 0.3) is 0 Å². The van der Waals surface area contributed by atoms with Crippen LogP contribution in [0.3, 0.4) is 0 Å². The number of aromatic hydroxyl groups is 1. The molecule has 33 heavy (non-hydrogen) atoms. The lowest BCUT2D eigenvalue weighted by atomic mass is 9.72. The Bertz CT molecular complexity index is 1130. The van der Waals surface area contributed by atoms with E-state index in [1.165, 1.54) is 18.1 Å². The van der Waals surface area contributed by atoms with E-state index >= 15 is 0 Å². The molecule has 2 N–H and O–H groups in total. The molecule has 0 saturated heterocycles. The minimum atomic E-state index is -0.591. The topological polar surface area (TPSA) is 84.9 Å². The molecule has 0 saturated carbocycles. The van der Waals surface area contributed by atoms with Gasteiger partial charge in [0, 0.05) is 40.1 Å². The summed E-state index contributed by atoms with van der Waals surface area (Å²) < 4.78 is 10.9. The first-order valence-electron chi connectivity index (χ1n) is 11.1. The van der Waals surface area contributed by atoms with Gasteiger partial charge in [0.25, 0.3) is 0 Å². The number of ether oxygens (including phenoxy) is 2. The summed E-state index contributed by atoms with van der Waals surface area (Å²) in [6.07, 6.45) is 1.08. The second-order valence-corrected chi connectivity index (χ2v) is 9.94. The number of esters is 1. The van der Waals surface area contributed by atoms with Crippen LogP contribution in [0.4, 0.5) is 0 Å². The van der Waals surface area contributed by atoms with Crippen LogP contribution in [0.15, 0.2) is 58.3 Å². The third-order valence-electron chi connectivity index (χ3n) is 6.08. The molecular weight excluding hydrogens is 438 g/mol. The number of Topliss-reactive ketones (excluding diaryl/α,β-unsaturated/α-hetero) is 1. The smallest absolute Gasteiger partial charge is 0.336 e. The molecule has 2 aromatic rings. The number of methoxy groups -OCH3 is 1. The lowest BCUT2D eigenvalue weighted by Gasteiger charge is -2.36. The van der Waals surface area contributed by atoms with Gasteiger partial charge in [-0.05, 0) is 48.4 Å². The first kappa shape index (κ1) is 23.1. The highest BCUT2D eigenvalue weighted by Gasteiger charge is 2.41. The molecule has 0 fully saturated rings. The number of hydrogen-bond donors (Lipinski definition) is 2. The summed E-state index contributed by atoms with van der Waals surface area (Å²) in [6, 6.07) is 9.03. The summed E-state index contributed by atoms with van der Waals surface area (Å²) in [6.45, 7) is 6.10. The number of phenols is 1. The van der Waals surface area contributed by atoms with Gasteiger partial charge in [-0.2, -0.15) is 0 Å². The van der Waals surface area contributed by atoms with Crippen molar-refractivity contribution in [2.45, 2.75) is 45.4 Å². The zero-order valence-electron chi connectivity index (χ0n) is 19.3. The van der Waals surface area contributed by atoms with Crippen molar-refractivity contribution in [2.24, 2.45) is 5.92 Å². The molecular formula is C26H29NO5S. The minimum absolute atomic E-state index is 0.00162. The van der Waals surface area contributed by atoms with Crippen molar-refractivity contribution in [3.05, 3.63) is 68.7 Å². The molecule has 7 heteroatoms. The summed E-state index contributed by atoms with van der Waals surface area (Å²) in [5, 5.41) is 15.5. The number of ketones is 1. The van der Waals surface area contributed by atoms with Crippen molar-refractivity contribution in [3.8, 4) is 11.5 Å². The minimum Gasteiger partial charge on any atom is -0.504 e. The zero-order chi connectivity index (χ0) is 23.7. The van der Waals surface area contributed by atoms with Crippen molar-refractivity contribution in [1.29, 1.82) is 0 Å². The van der Waals surface area contributed by atoms with Crippen LogP contribution in [0.1, 0.15) is 55.9 Å². The lowest BCUT2D eigenvalue weighted by Crippen LogP contribution is -2.36. The van der Waals surface area contributed by atoms with Gasteiger partial charge in [-0.15, -0.1) is 11.3 Å². The SMILES string of the molecule is COc1cc([C@@H]2C(C(=O)OCC(C)C)=C(C)NC3=C2C(=O)C[C@H](c2cccs2)C3)ccc1O. The lowest BCUT2D eigenvalue weighted by molar-refractivity contribution is -0.140. The summed E-state index contributed by atoms with van der Waals surface area (Å²) in [5.41, 5.74) is 3.25. The van der Waals surface area contributed by atoms with Gasteiger partial charge in [0.05, 0.1) is 19.3 Å². The second-order valence-electron chi connectivity index (χ2n) is 8.96. The van der Waals surface area contributed by atoms with Crippen LogP contribution >= 0.6 is 11.3 Å². The molecule has 2 atom stereocenters. The third-order valence-corrected chi connectivity index (χ3v) is 7.11. The highest BCUT2D eigenvalue weighted by Crippen LogP contribution is 2.47. The third kappa shape index (κ3) is 4.55. The molecule has 0 spiro atoms. The number of allylic oxidation sites excluding steroid dienone is 3. The number of dihydropyridines is 1. The molecule has 0 unspecified atom stereocenters. The number of thiophene rings is 1. The normalized spacial score (nSPS) is 20.6. The maximum atomic E-state index is 13.5. The van der Waals surface area contributed by atoms with Crippen LogP contribution in [0.5, 0.6) is 11.5 Å². The van der Waals surface area contributed by atoms with Crippen LogP contribution < -0.4 is 10.1 Å². The van der Waals surface area contributed by atoms with Crippen molar-refractivity contribution in [1.82, 2.24) is 5.32 Å². The largest absolute Gasteiger partial charge is 0.504 e. The van der Waals surface area contributed by atoms with Crippen LogP contribution in [-0.4, -0.2) is 30.6 Å². The van der Waals surface area contributed by atoms with Crippen molar-refractivity contribution < 1.29 is 24.2 Å². The Labute approximate surface area is 197 Å². The summed E-state index contributed by atoms with van der Waals surface area (Å²) >= 11 is 1.66. The van der Waals surface area contributed by atoms with Crippen molar-refractivity contribution in [3.63, 3.8) is 0 Å². The highest BCUT2D eigenvalue weighted by atomic mass is 32.1. The van der Waals surface area contributed by atoms with E-state index in [-0.39, 0.29) is 23.4 Å². The van der Waals surface area contributed by atoms with E-state index in [1.807, 2.05) is 32.2 Å². The number of rotatable bonds is 6. The van der Waals surface area contributed by atoms with Gasteiger partial charge in [0.15, 0.2) is 17.3 Å². The van der Waals surface area contributed by atoms with E-state index in [9.17, 15) is 14.7 Å². The van der Waals surface area contributed by atoms with Gasteiger partial charge in [0.2, 0.25) is 0 Å². The summed E-state index contributed by atoms with van der Waals surface area (Å²) in [5.74, 6) is -0.419. The fourth-order valence-electron chi connectivity index (χ4n) is 4.56. The number of carbonyl (C=O) groups excluding carboxylic acids is 2. The van der Waals surface area contributed by atoms with Gasteiger partial charge in [-0.1, -0.05) is 26.0 Å². The molecule has 174 valence electrons. The number of phenolic OH excluding ortho intramolecular Hbond substituents is 1. The standard InChI is InChI=1S/C26H29NO5S/c1-14(2)13-32-26(30)23-15(3)27-18-10-17(22-6-5-9-33-22)11-20(29)25(18)24(23)16-7-8-19(28)21(12-16)31-4/h5-9,12,14,17,24,27-28H,10-11,13H2,1-4H3/t17-,24-/m1/s1. The van der Waals surface area contributed by atoms with E-state index in [4.69, 9.17) is 9.47 Å². The monoisotopic (exact) mass is 467 g/mol. The fourth-order valence-corrected chi connectivity index (χ4v) is 5.39. The molecule has 2 aliphatic rings. The van der Waals surface area contributed by atoms with Crippen molar-refractivity contribution >= 4 is 23.1 Å². The number of nitrogens with one attached hydrogen (secondary N) is 1. The average molecular weight is 468 g/mol. The maximum Gasteiger partial charge on any atom is 0.336 e. The van der Waals surface area contributed by atoms with Crippen LogP contribution in [0.2, 0.25) is 0 Å². The molecule has 0 amide bonds. The Balaban J connectivity index is 1.80. The first-order valence-corrected chi connectivity index (χ1v) is 12.0. The summed E-state index contributed by atoms with van der Waals surface area (Å²) in [4.78, 5) is 27.9. The molecule has 4 rings (SSSR count). The van der Waals surface area contributed by atoms with Gasteiger partial charge in [0.1, 0.15) is 0 Å². The number of carbonyl (C=O) groups is 2. The van der Waals surface area contributed by atoms with Crippen molar-refractivity contribution in [2.75, 3.05) is 13.7 Å². The molecule has 1 aromatic heterocycles. The Hall–Kier alpha value is -3.06. The molecule has 6 nitrogen and oxygen atoms in total. The summed E-state index contributed by atoms with van der Waals surface area (Å²) in [7, 11) is 1.47. The van der Waals surface area contributed by atoms with Crippen LogP contribution in [-0.2, 0) is 14.3 Å². The Morgan fingerprint density at radius 2 is 2.06 bits per heavy atom. The molecule has 0 bridgehead atoms. The molecule has 2 heterocycles. The quantitative estimate of drug-likeness (QED) is 0.580. The first-order chi connectivity index (χ1) is 15.8. The van der Waals surface area contributed by atoms with Crippen LogP contribution in [0, 0.1) is 5.92 Å². The van der Waals surface area contributed by atoms with E-state index in [0.29, 0.717) is 47.6 Å². The number of benzene rings is 1. The van der Waals surface area contributed by atoms with E-state index in [2.05, 4.69) is 11.4 Å². The zero-order valence-corrected chi connectivity index (χ0v) is 20.1. The van der Waals surface area contributed by atoms with E-state index in [0.717, 1.165) is 5.70 Å². The Kier molecular flexibility index (Phi) is 6.61. The Morgan fingerprint density at radius 3 is 2.73 bits per heavy atom. The van der Waals surface area contributed by atoms with Gasteiger partial charge >= 0.3 is 5.97 Å². The fraction of sp³-hybridized carbons (Fsp3) is 0.385. The van der Waals surface area contributed by atoms with Gasteiger partial charge < -0.3 is 19.9 Å². The maximum absolute atomic E-state index is 13.5. The molecule has 1 aliphatic carbocycles. The highest BCUT2D eigenvalue weighted by molar-refractivity contribution is 7.10.